The number of amides is 1. The molecular formula is C21H26N2O5S. The van der Waals surface area contributed by atoms with Crippen LogP contribution >= 0.6 is 0 Å². The third-order valence-electron chi connectivity index (χ3n) is 4.68. The van der Waals surface area contributed by atoms with E-state index in [1.807, 2.05) is 19.1 Å². The summed E-state index contributed by atoms with van der Waals surface area (Å²) < 4.78 is 37.0. The van der Waals surface area contributed by atoms with Crippen LogP contribution in [0.25, 0.3) is 0 Å². The number of rotatable bonds is 7. The predicted octanol–water partition coefficient (Wildman–Crippen LogP) is 2.82. The van der Waals surface area contributed by atoms with Crippen molar-refractivity contribution >= 4 is 21.6 Å². The molecule has 29 heavy (non-hydrogen) atoms. The van der Waals surface area contributed by atoms with Crippen LogP contribution in [-0.4, -0.2) is 46.4 Å². The van der Waals surface area contributed by atoms with E-state index >= 15 is 0 Å². The molecule has 8 heteroatoms. The van der Waals surface area contributed by atoms with E-state index in [-0.39, 0.29) is 24.3 Å². The number of hydrogen-bond acceptors (Lipinski definition) is 5. The lowest BCUT2D eigenvalue weighted by Crippen LogP contribution is -2.38. The Morgan fingerprint density at radius 1 is 1.14 bits per heavy atom. The first-order chi connectivity index (χ1) is 13.9. The largest absolute Gasteiger partial charge is 0.493 e. The van der Waals surface area contributed by atoms with E-state index in [0.29, 0.717) is 35.7 Å². The Balaban J connectivity index is 1.63. The fourth-order valence-electron chi connectivity index (χ4n) is 3.18. The first-order valence-electron chi connectivity index (χ1n) is 9.58. The minimum absolute atomic E-state index is 0.140. The molecule has 3 rings (SSSR count). The number of methoxy groups -OCH3 is 1. The second-order valence-corrected chi connectivity index (χ2v) is 8.99. The van der Waals surface area contributed by atoms with Crippen LogP contribution in [0.1, 0.15) is 30.1 Å². The van der Waals surface area contributed by atoms with Crippen LogP contribution in [-0.2, 0) is 10.0 Å². The highest BCUT2D eigenvalue weighted by Crippen LogP contribution is 2.26. The van der Waals surface area contributed by atoms with Gasteiger partial charge in [-0.1, -0.05) is 18.2 Å². The summed E-state index contributed by atoms with van der Waals surface area (Å²) in [7, 11) is -1.75. The maximum Gasteiger partial charge on any atom is 0.251 e. The number of sulfonamides is 1. The highest BCUT2D eigenvalue weighted by Gasteiger charge is 2.26. The minimum atomic E-state index is -3.32. The summed E-state index contributed by atoms with van der Waals surface area (Å²) in [6.45, 7) is 2.55. The zero-order valence-corrected chi connectivity index (χ0v) is 17.4. The molecule has 1 fully saturated rings. The smallest absolute Gasteiger partial charge is 0.251 e. The van der Waals surface area contributed by atoms with E-state index in [1.165, 1.54) is 4.31 Å². The molecule has 1 heterocycles. The normalized spacial score (nSPS) is 16.7. The number of carbonyl (C=O) groups excluding carboxylic acids is 1. The summed E-state index contributed by atoms with van der Waals surface area (Å²) >= 11 is 0. The van der Waals surface area contributed by atoms with Gasteiger partial charge in [-0.3, -0.25) is 9.10 Å². The maximum absolute atomic E-state index is 12.6. The van der Waals surface area contributed by atoms with Crippen LogP contribution in [0.2, 0.25) is 0 Å². The Morgan fingerprint density at radius 2 is 1.90 bits per heavy atom. The maximum atomic E-state index is 12.6. The Labute approximate surface area is 171 Å². The molecule has 1 atom stereocenters. The zero-order valence-electron chi connectivity index (χ0n) is 16.6. The van der Waals surface area contributed by atoms with E-state index in [2.05, 4.69) is 5.32 Å². The van der Waals surface area contributed by atoms with Crippen molar-refractivity contribution < 1.29 is 22.7 Å². The molecule has 0 aromatic heterocycles. The summed E-state index contributed by atoms with van der Waals surface area (Å²) in [5, 5.41) is 2.88. The molecule has 0 spiro atoms. The number of nitrogens with zero attached hydrogens (tertiary/aromatic N) is 1. The van der Waals surface area contributed by atoms with E-state index in [1.54, 1.807) is 43.5 Å². The van der Waals surface area contributed by atoms with Gasteiger partial charge in [0.25, 0.3) is 5.91 Å². The Kier molecular flexibility index (Phi) is 6.64. The van der Waals surface area contributed by atoms with Gasteiger partial charge in [0.05, 0.1) is 24.6 Å². The van der Waals surface area contributed by atoms with Gasteiger partial charge in [0.15, 0.2) is 11.5 Å². The standard InChI is InChI=1S/C21H26N2O5S/c1-16(15-28-20-11-4-3-10-19(20)27-2)22-21(24)17-8-7-9-18(14-17)23-12-5-6-13-29(23,25)26/h3-4,7-11,14,16H,5-6,12-13,15H2,1-2H3,(H,22,24). The second kappa shape index (κ2) is 9.17. The summed E-state index contributed by atoms with van der Waals surface area (Å²) in [6, 6.07) is 13.8. The van der Waals surface area contributed by atoms with E-state index < -0.39 is 10.0 Å². The molecule has 2 aromatic rings. The average Bonchev–Trinajstić information content (AvgIpc) is 2.72. The monoisotopic (exact) mass is 418 g/mol. The van der Waals surface area contributed by atoms with Crippen LogP contribution < -0.4 is 19.1 Å². The number of para-hydroxylation sites is 2. The molecule has 1 saturated heterocycles. The molecule has 1 N–H and O–H groups in total. The molecule has 1 unspecified atom stereocenters. The van der Waals surface area contributed by atoms with Crippen molar-refractivity contribution in [2.45, 2.75) is 25.8 Å². The van der Waals surface area contributed by atoms with Crippen molar-refractivity contribution in [3.8, 4) is 11.5 Å². The zero-order chi connectivity index (χ0) is 20.9. The molecule has 1 amide bonds. The minimum Gasteiger partial charge on any atom is -0.493 e. The number of anilines is 1. The summed E-state index contributed by atoms with van der Waals surface area (Å²) in [4.78, 5) is 12.6. The van der Waals surface area contributed by atoms with Crippen molar-refractivity contribution in [2.75, 3.05) is 30.3 Å². The van der Waals surface area contributed by atoms with Gasteiger partial charge >= 0.3 is 0 Å². The average molecular weight is 419 g/mol. The van der Waals surface area contributed by atoms with Crippen LogP contribution in [0, 0.1) is 0 Å². The van der Waals surface area contributed by atoms with Gasteiger partial charge in [-0.2, -0.15) is 0 Å². The van der Waals surface area contributed by atoms with Crippen molar-refractivity contribution in [1.29, 1.82) is 0 Å². The van der Waals surface area contributed by atoms with Crippen LogP contribution in [0.5, 0.6) is 11.5 Å². The number of ether oxygens (including phenoxy) is 2. The predicted molar refractivity (Wildman–Crippen MR) is 112 cm³/mol. The highest BCUT2D eigenvalue weighted by molar-refractivity contribution is 7.92. The number of hydrogen-bond donors (Lipinski definition) is 1. The van der Waals surface area contributed by atoms with Crippen LogP contribution in [0.15, 0.2) is 48.5 Å². The van der Waals surface area contributed by atoms with Crippen molar-refractivity contribution in [1.82, 2.24) is 5.32 Å². The SMILES string of the molecule is COc1ccccc1OCC(C)NC(=O)c1cccc(N2CCCCS2(=O)=O)c1. The lowest BCUT2D eigenvalue weighted by atomic mass is 10.1. The number of benzene rings is 2. The summed E-state index contributed by atoms with van der Waals surface area (Å²) in [6.07, 6.45) is 1.48. The molecule has 0 radical (unpaired) electrons. The van der Waals surface area contributed by atoms with Crippen molar-refractivity contribution in [2.24, 2.45) is 0 Å². The number of nitrogens with one attached hydrogen (secondary N) is 1. The van der Waals surface area contributed by atoms with Gasteiger partial charge in [0.2, 0.25) is 10.0 Å². The molecule has 156 valence electrons. The quantitative estimate of drug-likeness (QED) is 0.747. The highest BCUT2D eigenvalue weighted by atomic mass is 32.2. The van der Waals surface area contributed by atoms with E-state index in [0.717, 1.165) is 6.42 Å². The van der Waals surface area contributed by atoms with Gasteiger partial charge in [-0.25, -0.2) is 8.42 Å². The van der Waals surface area contributed by atoms with Crippen LogP contribution in [0.4, 0.5) is 5.69 Å². The Morgan fingerprint density at radius 3 is 2.62 bits per heavy atom. The summed E-state index contributed by atoms with van der Waals surface area (Å²) in [5.74, 6) is 1.09. The molecule has 2 aromatic carbocycles. The fraction of sp³-hybridized carbons (Fsp3) is 0.381. The van der Waals surface area contributed by atoms with Gasteiger partial charge < -0.3 is 14.8 Å². The van der Waals surface area contributed by atoms with Gasteiger partial charge in [-0.05, 0) is 50.1 Å². The van der Waals surface area contributed by atoms with Crippen molar-refractivity contribution in [3.63, 3.8) is 0 Å². The molecule has 0 saturated carbocycles. The van der Waals surface area contributed by atoms with Gasteiger partial charge in [0.1, 0.15) is 6.61 Å². The topological polar surface area (TPSA) is 84.9 Å². The van der Waals surface area contributed by atoms with Gasteiger partial charge in [-0.15, -0.1) is 0 Å². The Bertz CT molecular complexity index is 961. The number of carbonyl (C=O) groups is 1. The fourth-order valence-corrected chi connectivity index (χ4v) is 4.81. The lowest BCUT2D eigenvalue weighted by molar-refractivity contribution is 0.0926. The Hall–Kier alpha value is -2.74. The second-order valence-electron chi connectivity index (χ2n) is 6.98. The molecule has 7 nitrogen and oxygen atoms in total. The first-order valence-corrected chi connectivity index (χ1v) is 11.2. The third-order valence-corrected chi connectivity index (χ3v) is 6.55. The van der Waals surface area contributed by atoms with E-state index in [4.69, 9.17) is 9.47 Å². The van der Waals surface area contributed by atoms with Crippen molar-refractivity contribution in [3.05, 3.63) is 54.1 Å². The molecule has 0 bridgehead atoms. The third kappa shape index (κ3) is 5.20. The lowest BCUT2D eigenvalue weighted by Gasteiger charge is -2.28. The first kappa shape index (κ1) is 21.0. The van der Waals surface area contributed by atoms with Crippen LogP contribution in [0.3, 0.4) is 0 Å². The molecule has 0 aliphatic carbocycles. The molecule has 1 aliphatic rings. The molecule has 1 aliphatic heterocycles. The summed E-state index contributed by atoms with van der Waals surface area (Å²) in [5.41, 5.74) is 0.933. The van der Waals surface area contributed by atoms with Gasteiger partial charge in [0, 0.05) is 12.1 Å². The van der Waals surface area contributed by atoms with E-state index in [9.17, 15) is 13.2 Å². The molecular weight excluding hydrogens is 392 g/mol.